The molecular formula is C7H8F3N3O2. The van der Waals surface area contributed by atoms with Crippen molar-refractivity contribution in [3.05, 3.63) is 6.07 Å². The van der Waals surface area contributed by atoms with Gasteiger partial charge in [0, 0.05) is 6.07 Å². The maximum Gasteiger partial charge on any atom is 0.573 e. The quantitative estimate of drug-likeness (QED) is 0.785. The Morgan fingerprint density at radius 1 is 1.33 bits per heavy atom. The van der Waals surface area contributed by atoms with Gasteiger partial charge in [0.1, 0.15) is 0 Å². The number of methoxy groups -OCH3 is 1. The van der Waals surface area contributed by atoms with E-state index in [4.69, 9.17) is 11.5 Å². The van der Waals surface area contributed by atoms with E-state index in [1.54, 1.807) is 0 Å². The number of hydrogen-bond donors (Lipinski definition) is 2. The van der Waals surface area contributed by atoms with Gasteiger partial charge in [-0.25, -0.2) is 0 Å². The lowest BCUT2D eigenvalue weighted by Crippen LogP contribution is -2.18. The van der Waals surface area contributed by atoms with Crippen LogP contribution in [0.2, 0.25) is 0 Å². The van der Waals surface area contributed by atoms with Crippen LogP contribution < -0.4 is 20.9 Å². The number of halogens is 3. The van der Waals surface area contributed by atoms with E-state index in [0.717, 1.165) is 13.2 Å². The Labute approximate surface area is 82.8 Å². The van der Waals surface area contributed by atoms with Crippen molar-refractivity contribution in [3.8, 4) is 11.6 Å². The second-order valence-electron chi connectivity index (χ2n) is 2.52. The van der Waals surface area contributed by atoms with Crippen LogP contribution in [0.5, 0.6) is 11.6 Å². The zero-order chi connectivity index (χ0) is 11.6. The van der Waals surface area contributed by atoms with Crippen molar-refractivity contribution in [2.45, 2.75) is 6.36 Å². The highest BCUT2D eigenvalue weighted by atomic mass is 19.4. The van der Waals surface area contributed by atoms with E-state index in [9.17, 15) is 13.2 Å². The molecule has 0 saturated carbocycles. The van der Waals surface area contributed by atoms with Crippen LogP contribution >= 0.6 is 0 Å². The summed E-state index contributed by atoms with van der Waals surface area (Å²) >= 11 is 0. The predicted octanol–water partition coefficient (Wildman–Crippen LogP) is 1.15. The second kappa shape index (κ2) is 3.71. The molecule has 0 radical (unpaired) electrons. The second-order valence-corrected chi connectivity index (χ2v) is 2.52. The molecule has 0 saturated heterocycles. The highest BCUT2D eigenvalue weighted by Gasteiger charge is 2.33. The molecule has 1 rings (SSSR count). The van der Waals surface area contributed by atoms with Gasteiger partial charge in [0.15, 0.2) is 11.6 Å². The van der Waals surface area contributed by atoms with Gasteiger partial charge in [-0.2, -0.15) is 4.98 Å². The average Bonchev–Trinajstić information content (AvgIpc) is 2.08. The Kier molecular flexibility index (Phi) is 2.78. The highest BCUT2D eigenvalue weighted by Crippen LogP contribution is 2.33. The third-order valence-corrected chi connectivity index (χ3v) is 1.43. The largest absolute Gasteiger partial charge is 0.573 e. The van der Waals surface area contributed by atoms with Crippen LogP contribution in [0.15, 0.2) is 6.07 Å². The van der Waals surface area contributed by atoms with Crippen molar-refractivity contribution >= 4 is 11.5 Å². The molecule has 0 amide bonds. The molecule has 0 spiro atoms. The zero-order valence-corrected chi connectivity index (χ0v) is 7.63. The molecule has 0 aromatic carbocycles. The Hall–Kier alpha value is -1.86. The van der Waals surface area contributed by atoms with E-state index in [-0.39, 0.29) is 17.4 Å². The molecule has 1 aromatic rings. The van der Waals surface area contributed by atoms with Gasteiger partial charge in [0.05, 0.1) is 12.8 Å². The maximum atomic E-state index is 11.9. The van der Waals surface area contributed by atoms with Crippen LogP contribution in [0, 0.1) is 0 Å². The Morgan fingerprint density at radius 2 is 1.93 bits per heavy atom. The summed E-state index contributed by atoms with van der Waals surface area (Å²) < 4.78 is 43.9. The first-order valence-electron chi connectivity index (χ1n) is 3.69. The molecule has 0 aliphatic carbocycles. The van der Waals surface area contributed by atoms with Crippen molar-refractivity contribution < 1.29 is 22.6 Å². The lowest BCUT2D eigenvalue weighted by molar-refractivity contribution is -0.275. The summed E-state index contributed by atoms with van der Waals surface area (Å²) in [6.45, 7) is 0. The highest BCUT2D eigenvalue weighted by molar-refractivity contribution is 5.63. The van der Waals surface area contributed by atoms with Crippen LogP contribution in [0.25, 0.3) is 0 Å². The third-order valence-electron chi connectivity index (χ3n) is 1.43. The lowest BCUT2D eigenvalue weighted by atomic mass is 10.3. The van der Waals surface area contributed by atoms with Gasteiger partial charge in [0.2, 0.25) is 0 Å². The average molecular weight is 223 g/mol. The Balaban J connectivity index is 3.11. The molecule has 8 heteroatoms. The van der Waals surface area contributed by atoms with E-state index in [1.807, 2.05) is 0 Å². The van der Waals surface area contributed by atoms with Gasteiger partial charge in [-0.15, -0.1) is 13.2 Å². The summed E-state index contributed by atoms with van der Waals surface area (Å²) in [4.78, 5) is 3.48. The van der Waals surface area contributed by atoms with Crippen LogP contribution in [0.3, 0.4) is 0 Å². The SMILES string of the molecule is COc1nc(N)c(N)cc1OC(F)(F)F. The van der Waals surface area contributed by atoms with E-state index in [0.29, 0.717) is 0 Å². The molecule has 4 N–H and O–H groups in total. The molecule has 0 fully saturated rings. The number of nitrogen functional groups attached to an aromatic ring is 2. The van der Waals surface area contributed by atoms with Crippen molar-refractivity contribution in [2.24, 2.45) is 0 Å². The number of hydrogen-bond acceptors (Lipinski definition) is 5. The zero-order valence-electron chi connectivity index (χ0n) is 7.63. The van der Waals surface area contributed by atoms with Crippen LogP contribution in [0.4, 0.5) is 24.7 Å². The fraction of sp³-hybridized carbons (Fsp3) is 0.286. The van der Waals surface area contributed by atoms with Gasteiger partial charge in [0.25, 0.3) is 5.88 Å². The van der Waals surface area contributed by atoms with Gasteiger partial charge in [-0.05, 0) is 0 Å². The summed E-state index contributed by atoms with van der Waals surface area (Å²) in [6, 6.07) is 0.897. The summed E-state index contributed by atoms with van der Waals surface area (Å²) in [6.07, 6.45) is -4.84. The van der Waals surface area contributed by atoms with Crippen LogP contribution in [-0.4, -0.2) is 18.5 Å². The standard InChI is InChI=1S/C7H8F3N3O2/c1-14-6-4(15-7(8,9)10)2-3(11)5(12)13-6/h2H,11H2,1H3,(H2,12,13). The summed E-state index contributed by atoms with van der Waals surface area (Å²) in [5.74, 6) is -1.13. The van der Waals surface area contributed by atoms with E-state index < -0.39 is 12.1 Å². The van der Waals surface area contributed by atoms with Crippen molar-refractivity contribution in [1.29, 1.82) is 0 Å². The van der Waals surface area contributed by atoms with Crippen molar-refractivity contribution in [1.82, 2.24) is 4.98 Å². The number of rotatable bonds is 2. The molecule has 15 heavy (non-hydrogen) atoms. The van der Waals surface area contributed by atoms with Gasteiger partial charge >= 0.3 is 6.36 Å². The third kappa shape index (κ3) is 2.79. The smallest absolute Gasteiger partial charge is 0.478 e. The number of nitrogens with zero attached hydrogens (tertiary/aromatic N) is 1. The number of aromatic nitrogens is 1. The van der Waals surface area contributed by atoms with E-state index in [2.05, 4.69) is 14.5 Å². The van der Waals surface area contributed by atoms with Gasteiger partial charge in [-0.3, -0.25) is 0 Å². The van der Waals surface area contributed by atoms with Crippen LogP contribution in [-0.2, 0) is 0 Å². The monoisotopic (exact) mass is 223 g/mol. The molecule has 0 aliphatic heterocycles. The number of alkyl halides is 3. The minimum absolute atomic E-state index is 0.116. The predicted molar refractivity (Wildman–Crippen MR) is 46.3 cm³/mol. The molecule has 0 atom stereocenters. The molecule has 0 unspecified atom stereocenters. The summed E-state index contributed by atoms with van der Waals surface area (Å²) in [5.41, 5.74) is 10.4. The minimum Gasteiger partial charge on any atom is -0.478 e. The fourth-order valence-corrected chi connectivity index (χ4v) is 0.850. The molecule has 84 valence electrons. The molecule has 1 heterocycles. The molecule has 0 aliphatic rings. The molecule has 0 bridgehead atoms. The number of pyridine rings is 1. The number of ether oxygens (including phenoxy) is 2. The number of anilines is 2. The van der Waals surface area contributed by atoms with E-state index >= 15 is 0 Å². The topological polar surface area (TPSA) is 83.4 Å². The fourth-order valence-electron chi connectivity index (χ4n) is 0.850. The first kappa shape index (κ1) is 11.2. The molecular weight excluding hydrogens is 215 g/mol. The van der Waals surface area contributed by atoms with Crippen molar-refractivity contribution in [3.63, 3.8) is 0 Å². The minimum atomic E-state index is -4.84. The van der Waals surface area contributed by atoms with Crippen LogP contribution in [0.1, 0.15) is 0 Å². The Bertz CT molecular complexity index is 367. The molecule has 5 nitrogen and oxygen atoms in total. The number of nitrogens with two attached hydrogens (primary N) is 2. The molecule has 1 aromatic heterocycles. The van der Waals surface area contributed by atoms with E-state index in [1.165, 1.54) is 0 Å². The summed E-state index contributed by atoms with van der Waals surface area (Å²) in [7, 11) is 1.14. The lowest BCUT2D eigenvalue weighted by Gasteiger charge is -2.12. The van der Waals surface area contributed by atoms with Gasteiger partial charge < -0.3 is 20.9 Å². The van der Waals surface area contributed by atoms with Gasteiger partial charge in [-0.1, -0.05) is 0 Å². The first-order valence-corrected chi connectivity index (χ1v) is 3.69. The van der Waals surface area contributed by atoms with Crippen molar-refractivity contribution in [2.75, 3.05) is 18.6 Å². The summed E-state index contributed by atoms with van der Waals surface area (Å²) in [5, 5.41) is 0. The normalized spacial score (nSPS) is 11.2. The first-order chi connectivity index (χ1) is 6.83. The maximum absolute atomic E-state index is 11.9. The Morgan fingerprint density at radius 3 is 2.40 bits per heavy atom.